The third-order valence-electron chi connectivity index (χ3n) is 5.50. The topological polar surface area (TPSA) is 108 Å². The van der Waals surface area contributed by atoms with Gasteiger partial charge in [0.15, 0.2) is 11.5 Å². The molecule has 4 rings (SSSR count). The van der Waals surface area contributed by atoms with Gasteiger partial charge in [-0.3, -0.25) is 13.9 Å². The summed E-state index contributed by atoms with van der Waals surface area (Å²) >= 11 is 0. The number of benzene rings is 1. The van der Waals surface area contributed by atoms with Crippen molar-refractivity contribution < 1.29 is 9.18 Å². The van der Waals surface area contributed by atoms with Gasteiger partial charge in [0, 0.05) is 13.1 Å². The highest BCUT2D eigenvalue weighted by Gasteiger charge is 2.23. The second kappa shape index (κ2) is 7.31. The summed E-state index contributed by atoms with van der Waals surface area (Å²) in [5.74, 6) is -1.46. The van der Waals surface area contributed by atoms with Gasteiger partial charge < -0.3 is 11.1 Å². The number of nitrogens with one attached hydrogen (secondary N) is 1. The van der Waals surface area contributed by atoms with E-state index >= 15 is 0 Å². The number of carbonyl (C=O) groups is 1. The minimum atomic E-state index is -0.847. The molecule has 1 aliphatic carbocycles. The summed E-state index contributed by atoms with van der Waals surface area (Å²) in [6, 6.07) is 3.04. The summed E-state index contributed by atoms with van der Waals surface area (Å²) in [7, 11) is 1.69. The number of halogens is 1. The Balaban J connectivity index is 1.79. The van der Waals surface area contributed by atoms with Crippen molar-refractivity contribution in [1.82, 2.24) is 19.1 Å². The van der Waals surface area contributed by atoms with Crippen LogP contribution in [-0.2, 0) is 7.05 Å². The molecule has 2 aromatic heterocycles. The van der Waals surface area contributed by atoms with Gasteiger partial charge in [-0.15, -0.1) is 0 Å². The first-order valence-electron chi connectivity index (χ1n) is 9.67. The van der Waals surface area contributed by atoms with Crippen LogP contribution in [0.3, 0.4) is 0 Å². The summed E-state index contributed by atoms with van der Waals surface area (Å²) in [5.41, 5.74) is 6.80. The van der Waals surface area contributed by atoms with Crippen LogP contribution in [0.1, 0.15) is 54.1 Å². The number of imidazole rings is 1. The van der Waals surface area contributed by atoms with Crippen molar-refractivity contribution in [2.45, 2.75) is 45.1 Å². The van der Waals surface area contributed by atoms with Crippen molar-refractivity contribution in [2.24, 2.45) is 12.8 Å². The van der Waals surface area contributed by atoms with Crippen molar-refractivity contribution in [3.8, 4) is 0 Å². The van der Waals surface area contributed by atoms with Gasteiger partial charge in [-0.1, -0.05) is 19.3 Å². The molecule has 8 nitrogen and oxygen atoms in total. The Bertz CT molecular complexity index is 1160. The average Bonchev–Trinajstić information content (AvgIpc) is 2.95. The Morgan fingerprint density at radius 2 is 2.00 bits per heavy atom. The number of fused-ring (bicyclic) bond motifs is 1. The van der Waals surface area contributed by atoms with Crippen LogP contribution < -0.4 is 16.7 Å². The maximum Gasteiger partial charge on any atom is 0.330 e. The van der Waals surface area contributed by atoms with Crippen LogP contribution in [-0.4, -0.2) is 25.0 Å². The molecule has 0 unspecified atom stereocenters. The van der Waals surface area contributed by atoms with E-state index in [0.717, 1.165) is 25.7 Å². The van der Waals surface area contributed by atoms with E-state index < -0.39 is 11.7 Å². The van der Waals surface area contributed by atoms with Gasteiger partial charge in [-0.25, -0.2) is 14.2 Å². The molecule has 0 bridgehead atoms. The molecule has 0 saturated heterocycles. The quantitative estimate of drug-likeness (QED) is 0.703. The molecule has 1 saturated carbocycles. The Kier molecular flexibility index (Phi) is 4.81. The second-order valence-electron chi connectivity index (χ2n) is 7.57. The highest BCUT2D eigenvalue weighted by atomic mass is 19.1. The molecule has 0 spiro atoms. The molecule has 0 aliphatic heterocycles. The Labute approximate surface area is 166 Å². The highest BCUT2D eigenvalue weighted by molar-refractivity contribution is 5.94. The first-order chi connectivity index (χ1) is 13.9. The first-order valence-corrected chi connectivity index (χ1v) is 9.67. The fourth-order valence-electron chi connectivity index (χ4n) is 4.02. The molecule has 0 radical (unpaired) electrons. The number of anilines is 2. The molecule has 1 amide bonds. The lowest BCUT2D eigenvalue weighted by atomic mass is 9.95. The van der Waals surface area contributed by atoms with E-state index in [-0.39, 0.29) is 28.9 Å². The maximum absolute atomic E-state index is 14.7. The summed E-state index contributed by atoms with van der Waals surface area (Å²) in [6.07, 6.45) is 6.74. The van der Waals surface area contributed by atoms with E-state index in [0.29, 0.717) is 16.7 Å². The van der Waals surface area contributed by atoms with Crippen molar-refractivity contribution in [3.63, 3.8) is 0 Å². The molecular formula is C20H23FN6O2. The van der Waals surface area contributed by atoms with Gasteiger partial charge in [0.25, 0.3) is 5.91 Å². The van der Waals surface area contributed by atoms with E-state index in [1.165, 1.54) is 17.1 Å². The number of carbonyl (C=O) groups excluding carboxylic acids is 1. The van der Waals surface area contributed by atoms with Gasteiger partial charge in [-0.2, -0.15) is 4.98 Å². The van der Waals surface area contributed by atoms with Crippen LogP contribution in [0.25, 0.3) is 11.2 Å². The average molecular weight is 398 g/mol. The van der Waals surface area contributed by atoms with Crippen LogP contribution in [0, 0.1) is 12.7 Å². The van der Waals surface area contributed by atoms with Gasteiger partial charge in [0.2, 0.25) is 5.95 Å². The summed E-state index contributed by atoms with van der Waals surface area (Å²) in [5, 5.41) is 2.83. The number of aromatic nitrogens is 4. The van der Waals surface area contributed by atoms with Crippen LogP contribution in [0.5, 0.6) is 0 Å². The number of hydrogen-bond acceptors (Lipinski definition) is 5. The lowest BCUT2D eigenvalue weighted by Gasteiger charge is -2.22. The van der Waals surface area contributed by atoms with Crippen LogP contribution >= 0.6 is 0 Å². The summed E-state index contributed by atoms with van der Waals surface area (Å²) in [6.45, 7) is 1.74. The number of primary amides is 1. The van der Waals surface area contributed by atoms with E-state index in [4.69, 9.17) is 5.73 Å². The monoisotopic (exact) mass is 398 g/mol. The predicted molar refractivity (Wildman–Crippen MR) is 108 cm³/mol. The van der Waals surface area contributed by atoms with Gasteiger partial charge >= 0.3 is 5.69 Å². The molecular weight excluding hydrogens is 375 g/mol. The molecule has 1 aromatic carbocycles. The zero-order valence-electron chi connectivity index (χ0n) is 16.4. The summed E-state index contributed by atoms with van der Waals surface area (Å²) in [4.78, 5) is 33.0. The minimum Gasteiger partial charge on any atom is -0.366 e. The SMILES string of the molecule is Cc1cc(Nc2ncc3c(n2)n(C2CCCCC2)c(=O)n3C)c(F)c(C(N)=O)c1. The van der Waals surface area contributed by atoms with Crippen molar-refractivity contribution in [3.05, 3.63) is 45.8 Å². The predicted octanol–water partition coefficient (Wildman–Crippen LogP) is 2.93. The largest absolute Gasteiger partial charge is 0.366 e. The van der Waals surface area contributed by atoms with Crippen LogP contribution in [0.2, 0.25) is 0 Å². The second-order valence-corrected chi connectivity index (χ2v) is 7.57. The standard InChI is InChI=1S/C20H23FN6O2/c1-11-8-13(17(22)28)16(21)14(9-11)24-19-23-10-15-18(25-19)27(20(29)26(15)2)12-6-4-3-5-7-12/h8-10,12H,3-7H2,1-2H3,(H2,22,28)(H,23,24,25). The number of rotatable bonds is 4. The van der Waals surface area contributed by atoms with Crippen LogP contribution in [0.4, 0.5) is 16.0 Å². The van der Waals surface area contributed by atoms with Gasteiger partial charge in [0.1, 0.15) is 5.52 Å². The molecule has 152 valence electrons. The van der Waals surface area contributed by atoms with Gasteiger partial charge in [-0.05, 0) is 37.5 Å². The zero-order valence-corrected chi connectivity index (χ0v) is 16.4. The maximum atomic E-state index is 14.7. The number of nitrogens with two attached hydrogens (primary N) is 1. The normalized spacial score (nSPS) is 15.0. The lowest BCUT2D eigenvalue weighted by Crippen LogP contribution is -2.27. The van der Waals surface area contributed by atoms with E-state index in [2.05, 4.69) is 15.3 Å². The first kappa shape index (κ1) is 19.1. The molecule has 9 heteroatoms. The number of hydrogen-bond donors (Lipinski definition) is 2. The Hall–Kier alpha value is -3.23. The third kappa shape index (κ3) is 3.37. The number of aryl methyl sites for hydroxylation is 2. The number of amides is 1. The smallest absolute Gasteiger partial charge is 0.330 e. The minimum absolute atomic E-state index is 0.0562. The van der Waals surface area contributed by atoms with Crippen molar-refractivity contribution in [1.29, 1.82) is 0 Å². The lowest BCUT2D eigenvalue weighted by molar-refractivity contribution is 0.0996. The highest BCUT2D eigenvalue weighted by Crippen LogP contribution is 2.30. The van der Waals surface area contributed by atoms with E-state index in [1.54, 1.807) is 30.8 Å². The molecule has 3 aromatic rings. The molecule has 29 heavy (non-hydrogen) atoms. The fourth-order valence-corrected chi connectivity index (χ4v) is 4.02. The van der Waals surface area contributed by atoms with E-state index in [1.807, 2.05) is 0 Å². The van der Waals surface area contributed by atoms with Crippen molar-refractivity contribution in [2.75, 3.05) is 5.32 Å². The molecule has 1 fully saturated rings. The van der Waals surface area contributed by atoms with Crippen LogP contribution in [0.15, 0.2) is 23.1 Å². The molecule has 2 heterocycles. The summed E-state index contributed by atoms with van der Waals surface area (Å²) < 4.78 is 17.9. The van der Waals surface area contributed by atoms with Gasteiger partial charge in [0.05, 0.1) is 17.4 Å². The van der Waals surface area contributed by atoms with E-state index in [9.17, 15) is 14.0 Å². The zero-order chi connectivity index (χ0) is 20.7. The fraction of sp³-hybridized carbons (Fsp3) is 0.400. The third-order valence-corrected chi connectivity index (χ3v) is 5.50. The molecule has 0 atom stereocenters. The molecule has 3 N–H and O–H groups in total. The Morgan fingerprint density at radius 1 is 1.28 bits per heavy atom. The van der Waals surface area contributed by atoms with Crippen molar-refractivity contribution >= 4 is 28.7 Å². The number of nitrogens with zero attached hydrogens (tertiary/aromatic N) is 4. The Morgan fingerprint density at radius 3 is 2.69 bits per heavy atom. The molecule has 1 aliphatic rings.